The molecule has 1 aliphatic rings. The van der Waals surface area contributed by atoms with Crippen LogP contribution in [0.1, 0.15) is 32.0 Å². The zero-order chi connectivity index (χ0) is 16.5. The molecule has 0 radical (unpaired) electrons. The number of nitrogens with zero attached hydrogens (tertiary/aromatic N) is 3. The van der Waals surface area contributed by atoms with Gasteiger partial charge in [0.1, 0.15) is 0 Å². The molecular weight excluding hydrogens is 330 g/mol. The summed E-state index contributed by atoms with van der Waals surface area (Å²) in [6.45, 7) is 4.00. The van der Waals surface area contributed by atoms with Gasteiger partial charge in [-0.05, 0) is 12.3 Å². The van der Waals surface area contributed by atoms with Crippen molar-refractivity contribution in [2.24, 2.45) is 5.92 Å². The maximum Gasteiger partial charge on any atom is 0.226 e. The molecule has 0 bridgehead atoms. The molecule has 0 amide bonds. The van der Waals surface area contributed by atoms with Crippen LogP contribution in [0.25, 0.3) is 0 Å². The molecule has 2 heterocycles. The first-order chi connectivity index (χ1) is 10.1. The van der Waals surface area contributed by atoms with Gasteiger partial charge in [-0.3, -0.25) is 0 Å². The predicted octanol–water partition coefficient (Wildman–Crippen LogP) is 0.217. The van der Waals surface area contributed by atoms with Gasteiger partial charge < -0.3 is 4.52 Å². The molecule has 10 heteroatoms. The molecule has 0 spiro atoms. The van der Waals surface area contributed by atoms with Gasteiger partial charge in [0.2, 0.25) is 15.9 Å². The lowest BCUT2D eigenvalue weighted by atomic mass is 10.1. The summed E-state index contributed by atoms with van der Waals surface area (Å²) < 4.78 is 53.8. The van der Waals surface area contributed by atoms with Gasteiger partial charge in [-0.1, -0.05) is 19.0 Å². The Morgan fingerprint density at radius 3 is 2.64 bits per heavy atom. The van der Waals surface area contributed by atoms with Gasteiger partial charge in [0.25, 0.3) is 0 Å². The molecule has 1 saturated heterocycles. The zero-order valence-electron chi connectivity index (χ0n) is 12.9. The van der Waals surface area contributed by atoms with Crippen molar-refractivity contribution in [3.8, 4) is 0 Å². The van der Waals surface area contributed by atoms with E-state index in [1.165, 1.54) is 7.05 Å². The van der Waals surface area contributed by atoms with Gasteiger partial charge in [-0.15, -0.1) is 0 Å². The second kappa shape index (κ2) is 6.25. The van der Waals surface area contributed by atoms with Crippen LogP contribution in [0.2, 0.25) is 0 Å². The van der Waals surface area contributed by atoms with E-state index < -0.39 is 25.1 Å². The lowest BCUT2D eigenvalue weighted by Gasteiger charge is -2.19. The van der Waals surface area contributed by atoms with Crippen molar-refractivity contribution in [2.45, 2.75) is 38.5 Å². The third-order valence-corrected chi connectivity index (χ3v) is 7.73. The average Bonchev–Trinajstić information content (AvgIpc) is 2.95. The number of sulfonamides is 1. The number of hydrogen-bond donors (Lipinski definition) is 0. The Kier molecular flexibility index (Phi) is 4.93. The smallest absolute Gasteiger partial charge is 0.226 e. The standard InChI is InChI=1S/C12H21N3O5S2/c1-9(2)6-12-13-11(14-20-12)7-15(3)22(18,19)10-4-5-21(16,17)8-10/h9-10H,4-8H2,1-3H3/t10-/m0/s1. The highest BCUT2D eigenvalue weighted by atomic mass is 32.2. The normalized spacial score (nSPS) is 21.8. The largest absolute Gasteiger partial charge is 0.339 e. The van der Waals surface area contributed by atoms with Crippen LogP contribution in [-0.4, -0.2) is 55.1 Å². The summed E-state index contributed by atoms with van der Waals surface area (Å²) >= 11 is 0. The number of hydrogen-bond acceptors (Lipinski definition) is 7. The van der Waals surface area contributed by atoms with Crippen molar-refractivity contribution in [3.63, 3.8) is 0 Å². The van der Waals surface area contributed by atoms with Gasteiger partial charge >= 0.3 is 0 Å². The van der Waals surface area contributed by atoms with Gasteiger partial charge in [-0.25, -0.2) is 16.8 Å². The lowest BCUT2D eigenvalue weighted by Crippen LogP contribution is -2.36. The Balaban J connectivity index is 2.05. The summed E-state index contributed by atoms with van der Waals surface area (Å²) in [4.78, 5) is 4.16. The molecule has 22 heavy (non-hydrogen) atoms. The number of sulfone groups is 1. The van der Waals surface area contributed by atoms with E-state index in [1.54, 1.807) is 0 Å². The van der Waals surface area contributed by atoms with Crippen LogP contribution in [-0.2, 0) is 32.8 Å². The second-order valence-electron chi connectivity index (χ2n) is 6.03. The zero-order valence-corrected chi connectivity index (χ0v) is 14.5. The monoisotopic (exact) mass is 351 g/mol. The quantitative estimate of drug-likeness (QED) is 0.720. The maximum absolute atomic E-state index is 12.4. The van der Waals surface area contributed by atoms with E-state index in [1.807, 2.05) is 13.8 Å². The highest BCUT2D eigenvalue weighted by Gasteiger charge is 2.39. The van der Waals surface area contributed by atoms with E-state index in [9.17, 15) is 16.8 Å². The van der Waals surface area contributed by atoms with Crippen molar-refractivity contribution < 1.29 is 21.4 Å². The number of aromatic nitrogens is 2. The molecule has 1 aromatic rings. The van der Waals surface area contributed by atoms with Crippen molar-refractivity contribution in [1.29, 1.82) is 0 Å². The van der Waals surface area contributed by atoms with Gasteiger partial charge in [-0.2, -0.15) is 9.29 Å². The minimum Gasteiger partial charge on any atom is -0.339 e. The molecule has 0 aromatic carbocycles. The third kappa shape index (κ3) is 4.05. The fourth-order valence-corrected chi connectivity index (χ4v) is 6.55. The van der Waals surface area contributed by atoms with E-state index >= 15 is 0 Å². The van der Waals surface area contributed by atoms with Crippen LogP contribution in [0.15, 0.2) is 4.52 Å². The highest BCUT2D eigenvalue weighted by Crippen LogP contribution is 2.22. The summed E-state index contributed by atoms with van der Waals surface area (Å²) in [6.07, 6.45) is 0.768. The molecule has 0 N–H and O–H groups in total. The molecule has 1 fully saturated rings. The van der Waals surface area contributed by atoms with E-state index in [0.29, 0.717) is 18.2 Å². The first kappa shape index (κ1) is 17.4. The molecule has 2 rings (SSSR count). The fraction of sp³-hybridized carbons (Fsp3) is 0.833. The second-order valence-corrected chi connectivity index (χ2v) is 10.6. The van der Waals surface area contributed by atoms with Gasteiger partial charge in [0, 0.05) is 13.5 Å². The molecule has 0 saturated carbocycles. The number of rotatable bonds is 6. The van der Waals surface area contributed by atoms with Crippen molar-refractivity contribution >= 4 is 19.9 Å². The summed E-state index contributed by atoms with van der Waals surface area (Å²) in [5.74, 6) is 0.719. The Hall–Kier alpha value is -1.00. The molecule has 126 valence electrons. The minimum atomic E-state index is -3.69. The Morgan fingerprint density at radius 2 is 2.09 bits per heavy atom. The molecule has 1 aliphatic heterocycles. The van der Waals surface area contributed by atoms with Crippen molar-refractivity contribution in [2.75, 3.05) is 18.6 Å². The summed E-state index contributed by atoms with van der Waals surface area (Å²) in [5, 5.41) is 2.88. The lowest BCUT2D eigenvalue weighted by molar-refractivity contribution is 0.353. The molecule has 0 unspecified atom stereocenters. The predicted molar refractivity (Wildman–Crippen MR) is 80.3 cm³/mol. The van der Waals surface area contributed by atoms with Crippen LogP contribution in [0, 0.1) is 5.92 Å². The van der Waals surface area contributed by atoms with Crippen molar-refractivity contribution in [3.05, 3.63) is 11.7 Å². The topological polar surface area (TPSA) is 110 Å². The van der Waals surface area contributed by atoms with Crippen LogP contribution in [0.4, 0.5) is 0 Å². The van der Waals surface area contributed by atoms with E-state index in [0.717, 1.165) is 4.31 Å². The Labute approximate surface area is 130 Å². The van der Waals surface area contributed by atoms with Crippen molar-refractivity contribution in [1.82, 2.24) is 14.4 Å². The van der Waals surface area contributed by atoms with E-state index in [4.69, 9.17) is 4.52 Å². The molecule has 0 aliphatic carbocycles. The van der Waals surface area contributed by atoms with Crippen LogP contribution in [0.3, 0.4) is 0 Å². The van der Waals surface area contributed by atoms with E-state index in [-0.39, 0.29) is 30.3 Å². The van der Waals surface area contributed by atoms with Gasteiger partial charge in [0.15, 0.2) is 15.7 Å². The van der Waals surface area contributed by atoms with E-state index in [2.05, 4.69) is 10.1 Å². The summed E-state index contributed by atoms with van der Waals surface area (Å²) in [7, 11) is -5.54. The van der Waals surface area contributed by atoms with Crippen LogP contribution < -0.4 is 0 Å². The molecule has 8 nitrogen and oxygen atoms in total. The fourth-order valence-electron chi connectivity index (χ4n) is 2.33. The SMILES string of the molecule is CC(C)Cc1nc(CN(C)S(=O)(=O)[C@H]2CCS(=O)(=O)C2)no1. The third-order valence-electron chi connectivity index (χ3n) is 3.50. The highest BCUT2D eigenvalue weighted by molar-refractivity contribution is 7.95. The first-order valence-electron chi connectivity index (χ1n) is 7.07. The van der Waals surface area contributed by atoms with Crippen LogP contribution >= 0.6 is 0 Å². The molecule has 1 aromatic heterocycles. The molecular formula is C12H21N3O5S2. The first-order valence-corrected chi connectivity index (χ1v) is 10.4. The van der Waals surface area contributed by atoms with Crippen LogP contribution in [0.5, 0.6) is 0 Å². The maximum atomic E-state index is 12.4. The minimum absolute atomic E-state index is 0.0273. The summed E-state index contributed by atoms with van der Waals surface area (Å²) in [5.41, 5.74) is 0. The Bertz CT molecular complexity index is 724. The van der Waals surface area contributed by atoms with Gasteiger partial charge in [0.05, 0.1) is 23.3 Å². The average molecular weight is 351 g/mol. The summed E-state index contributed by atoms with van der Waals surface area (Å²) in [6, 6.07) is 0. The Morgan fingerprint density at radius 1 is 1.41 bits per heavy atom. The molecule has 1 atom stereocenters.